The highest BCUT2D eigenvalue weighted by molar-refractivity contribution is 7.85. The van der Waals surface area contributed by atoms with Gasteiger partial charge in [0.1, 0.15) is 5.56 Å². The molecule has 6 nitrogen and oxygen atoms in total. The Labute approximate surface area is 137 Å². The Morgan fingerprint density at radius 2 is 1.91 bits per heavy atom. The number of hydrogen-bond donors (Lipinski definition) is 1. The number of carbonyl (C=O) groups excluding carboxylic acids is 1. The third-order valence-corrected chi connectivity index (χ3v) is 4.90. The van der Waals surface area contributed by atoms with Crippen LogP contribution in [0.3, 0.4) is 0 Å². The van der Waals surface area contributed by atoms with E-state index in [0.29, 0.717) is 21.9 Å². The molecule has 1 amide bonds. The van der Waals surface area contributed by atoms with Crippen LogP contribution >= 0.6 is 0 Å². The number of aryl methyl sites for hydroxylation is 2. The molecule has 1 aromatic heterocycles. The second-order valence-electron chi connectivity index (χ2n) is 5.13. The standard InChI is InChI=1S/C16H19N3O3S/c1-11-12(2)18-19(3)16(21)14(11)15(20)17-9-10-23(22)13-7-5-4-6-8-13/h4-8H,9-10H2,1-3H3,(H,17,20). The highest BCUT2D eigenvalue weighted by atomic mass is 32.2. The minimum absolute atomic E-state index is 0.0884. The van der Waals surface area contributed by atoms with Crippen LogP contribution < -0.4 is 10.9 Å². The molecule has 1 aromatic carbocycles. The molecule has 1 unspecified atom stereocenters. The van der Waals surface area contributed by atoms with Gasteiger partial charge in [-0.2, -0.15) is 5.10 Å². The van der Waals surface area contributed by atoms with Crippen molar-refractivity contribution in [1.82, 2.24) is 15.1 Å². The van der Waals surface area contributed by atoms with Crippen LogP contribution in [-0.4, -0.2) is 32.2 Å². The van der Waals surface area contributed by atoms with E-state index >= 15 is 0 Å². The molecule has 7 heteroatoms. The van der Waals surface area contributed by atoms with Crippen LogP contribution in [-0.2, 0) is 17.8 Å². The predicted octanol–water partition coefficient (Wildman–Crippen LogP) is 0.935. The van der Waals surface area contributed by atoms with Gasteiger partial charge in [0, 0.05) is 24.2 Å². The summed E-state index contributed by atoms with van der Waals surface area (Å²) in [6.07, 6.45) is 0. The SMILES string of the molecule is Cc1nn(C)c(=O)c(C(=O)NCCS(=O)c2ccccc2)c1C. The maximum Gasteiger partial charge on any atom is 0.279 e. The van der Waals surface area contributed by atoms with Crippen LogP contribution in [0.5, 0.6) is 0 Å². The Hall–Kier alpha value is -2.28. The molecule has 0 radical (unpaired) electrons. The third-order valence-electron chi connectivity index (χ3n) is 3.53. The molecule has 0 saturated heterocycles. The minimum Gasteiger partial charge on any atom is -0.351 e. The van der Waals surface area contributed by atoms with Crippen molar-refractivity contribution in [3.8, 4) is 0 Å². The lowest BCUT2D eigenvalue weighted by atomic mass is 10.1. The number of aromatic nitrogens is 2. The summed E-state index contributed by atoms with van der Waals surface area (Å²) in [6, 6.07) is 9.05. The summed E-state index contributed by atoms with van der Waals surface area (Å²) >= 11 is 0. The van der Waals surface area contributed by atoms with Crippen molar-refractivity contribution in [1.29, 1.82) is 0 Å². The zero-order valence-electron chi connectivity index (χ0n) is 13.3. The van der Waals surface area contributed by atoms with E-state index in [4.69, 9.17) is 0 Å². The molecule has 2 aromatic rings. The van der Waals surface area contributed by atoms with E-state index in [9.17, 15) is 13.8 Å². The maximum atomic E-state index is 12.3. The first-order valence-electron chi connectivity index (χ1n) is 7.18. The van der Waals surface area contributed by atoms with Crippen molar-refractivity contribution >= 4 is 16.7 Å². The summed E-state index contributed by atoms with van der Waals surface area (Å²) in [5, 5.41) is 6.70. The van der Waals surface area contributed by atoms with Crippen LogP contribution in [0.15, 0.2) is 40.0 Å². The average molecular weight is 333 g/mol. The van der Waals surface area contributed by atoms with E-state index in [1.54, 1.807) is 26.0 Å². The number of hydrogen-bond acceptors (Lipinski definition) is 4. The summed E-state index contributed by atoms with van der Waals surface area (Å²) in [5.74, 6) is -0.169. The summed E-state index contributed by atoms with van der Waals surface area (Å²) < 4.78 is 13.2. The molecule has 0 spiro atoms. The van der Waals surface area contributed by atoms with Crippen molar-refractivity contribution in [2.24, 2.45) is 7.05 Å². The quantitative estimate of drug-likeness (QED) is 0.883. The number of benzene rings is 1. The van der Waals surface area contributed by atoms with Gasteiger partial charge in [-0.05, 0) is 31.5 Å². The molecule has 1 N–H and O–H groups in total. The van der Waals surface area contributed by atoms with Gasteiger partial charge >= 0.3 is 0 Å². The van der Waals surface area contributed by atoms with Crippen LogP contribution in [0.2, 0.25) is 0 Å². The minimum atomic E-state index is -1.19. The fourth-order valence-corrected chi connectivity index (χ4v) is 3.14. The van der Waals surface area contributed by atoms with Gasteiger partial charge in [0.2, 0.25) is 0 Å². The Morgan fingerprint density at radius 1 is 1.26 bits per heavy atom. The molecule has 0 bridgehead atoms. The molecule has 23 heavy (non-hydrogen) atoms. The molecule has 0 fully saturated rings. The zero-order chi connectivity index (χ0) is 17.0. The van der Waals surface area contributed by atoms with Gasteiger partial charge in [0.15, 0.2) is 0 Å². The van der Waals surface area contributed by atoms with Crippen molar-refractivity contribution in [2.45, 2.75) is 18.7 Å². The molecule has 0 aliphatic heterocycles. The van der Waals surface area contributed by atoms with Crippen LogP contribution in [0.4, 0.5) is 0 Å². The highest BCUT2D eigenvalue weighted by Gasteiger charge is 2.17. The fourth-order valence-electron chi connectivity index (χ4n) is 2.15. The average Bonchev–Trinajstić information content (AvgIpc) is 2.54. The van der Waals surface area contributed by atoms with Gasteiger partial charge in [-0.25, -0.2) is 4.68 Å². The van der Waals surface area contributed by atoms with Crippen LogP contribution in [0.1, 0.15) is 21.6 Å². The van der Waals surface area contributed by atoms with Crippen molar-refractivity contribution < 1.29 is 9.00 Å². The van der Waals surface area contributed by atoms with E-state index < -0.39 is 22.3 Å². The number of nitrogens with zero attached hydrogens (tertiary/aromatic N) is 2. The smallest absolute Gasteiger partial charge is 0.279 e. The Balaban J connectivity index is 2.04. The van der Waals surface area contributed by atoms with Gasteiger partial charge in [0.25, 0.3) is 11.5 Å². The highest BCUT2D eigenvalue weighted by Crippen LogP contribution is 2.07. The van der Waals surface area contributed by atoms with Crippen molar-refractivity contribution in [3.05, 3.63) is 57.5 Å². The first kappa shape index (κ1) is 17.1. The summed E-state index contributed by atoms with van der Waals surface area (Å²) in [6.45, 7) is 3.67. The lowest BCUT2D eigenvalue weighted by molar-refractivity contribution is 0.0953. The summed E-state index contributed by atoms with van der Waals surface area (Å²) in [7, 11) is 0.324. The zero-order valence-corrected chi connectivity index (χ0v) is 14.1. The van der Waals surface area contributed by atoms with E-state index in [1.807, 2.05) is 18.2 Å². The number of amides is 1. The number of rotatable bonds is 5. The molecule has 0 aliphatic rings. The molecule has 0 aliphatic carbocycles. The second-order valence-corrected chi connectivity index (χ2v) is 6.70. The molecule has 2 rings (SSSR count). The third kappa shape index (κ3) is 3.92. The molecule has 1 atom stereocenters. The molecule has 122 valence electrons. The Bertz CT molecular complexity index is 800. The maximum absolute atomic E-state index is 12.3. The Kier molecular flexibility index (Phi) is 5.44. The van der Waals surface area contributed by atoms with Crippen LogP contribution in [0.25, 0.3) is 0 Å². The predicted molar refractivity (Wildman–Crippen MR) is 89.0 cm³/mol. The number of carbonyl (C=O) groups is 1. The van der Waals surface area contributed by atoms with Crippen LogP contribution in [0, 0.1) is 13.8 Å². The second kappa shape index (κ2) is 7.32. The monoisotopic (exact) mass is 333 g/mol. The Morgan fingerprint density at radius 3 is 2.57 bits per heavy atom. The van der Waals surface area contributed by atoms with Gasteiger partial charge in [-0.15, -0.1) is 0 Å². The molecular formula is C16H19N3O3S. The van der Waals surface area contributed by atoms with Crippen molar-refractivity contribution in [3.63, 3.8) is 0 Å². The van der Waals surface area contributed by atoms with E-state index in [1.165, 1.54) is 7.05 Å². The fraction of sp³-hybridized carbons (Fsp3) is 0.312. The summed E-state index contributed by atoms with van der Waals surface area (Å²) in [5.41, 5.74) is 0.847. The van der Waals surface area contributed by atoms with Gasteiger partial charge in [0.05, 0.1) is 16.5 Å². The van der Waals surface area contributed by atoms with E-state index in [2.05, 4.69) is 10.4 Å². The van der Waals surface area contributed by atoms with E-state index in [-0.39, 0.29) is 12.1 Å². The van der Waals surface area contributed by atoms with E-state index in [0.717, 1.165) is 4.68 Å². The molecule has 1 heterocycles. The lowest BCUT2D eigenvalue weighted by Crippen LogP contribution is -2.36. The van der Waals surface area contributed by atoms with Gasteiger partial charge < -0.3 is 5.32 Å². The van der Waals surface area contributed by atoms with Gasteiger partial charge in [-0.3, -0.25) is 13.8 Å². The molecule has 0 saturated carbocycles. The lowest BCUT2D eigenvalue weighted by Gasteiger charge is -2.10. The molecular weight excluding hydrogens is 314 g/mol. The van der Waals surface area contributed by atoms with Crippen molar-refractivity contribution in [2.75, 3.05) is 12.3 Å². The first-order valence-corrected chi connectivity index (χ1v) is 8.50. The normalized spacial score (nSPS) is 12.0. The largest absolute Gasteiger partial charge is 0.351 e. The van der Waals surface area contributed by atoms with Gasteiger partial charge in [-0.1, -0.05) is 18.2 Å². The first-order chi connectivity index (χ1) is 10.9. The topological polar surface area (TPSA) is 81.1 Å². The number of nitrogens with one attached hydrogen (secondary N) is 1. The summed E-state index contributed by atoms with van der Waals surface area (Å²) in [4.78, 5) is 25.1.